The number of nitrogens with one attached hydrogen (secondary N) is 1. The monoisotopic (exact) mass is 153 g/mol. The van der Waals surface area contributed by atoms with Gasteiger partial charge >= 0.3 is 0 Å². The Kier molecular flexibility index (Phi) is 1.23. The summed E-state index contributed by atoms with van der Waals surface area (Å²) in [5.41, 5.74) is 0.282. The molecule has 0 aromatic rings. The minimum Gasteiger partial charge on any atom is -0.305 e. The molecule has 2 nitrogen and oxygen atoms in total. The second-order valence-electron chi connectivity index (χ2n) is 4.68. The van der Waals surface area contributed by atoms with E-state index < -0.39 is 0 Å². The van der Waals surface area contributed by atoms with Gasteiger partial charge in [-0.25, -0.2) is 0 Å². The molecule has 62 valence electrons. The second-order valence-corrected chi connectivity index (χ2v) is 4.68. The molecule has 2 heteroatoms. The summed E-state index contributed by atoms with van der Waals surface area (Å²) in [6.07, 6.45) is 3.87. The predicted octanol–water partition coefficient (Wildman–Crippen LogP) is 1.25. The van der Waals surface area contributed by atoms with E-state index in [1.54, 1.807) is 0 Å². The van der Waals surface area contributed by atoms with Crippen LogP contribution in [-0.2, 0) is 4.79 Å². The van der Waals surface area contributed by atoms with Crippen LogP contribution in [0.2, 0.25) is 0 Å². The first-order valence-corrected chi connectivity index (χ1v) is 4.33. The number of carbonyl (C=O) groups is 1. The van der Waals surface area contributed by atoms with Crippen molar-refractivity contribution in [3.8, 4) is 0 Å². The molecule has 1 spiro atoms. The average Bonchev–Trinajstić information content (AvgIpc) is 2.41. The van der Waals surface area contributed by atoms with E-state index in [-0.39, 0.29) is 11.1 Å². The van der Waals surface area contributed by atoms with Crippen LogP contribution in [0.5, 0.6) is 0 Å². The van der Waals surface area contributed by atoms with Gasteiger partial charge in [0.1, 0.15) is 5.78 Å². The van der Waals surface area contributed by atoms with E-state index >= 15 is 0 Å². The molecule has 0 bridgehead atoms. The molecular formula is C9H15NO. The van der Waals surface area contributed by atoms with Gasteiger partial charge in [0, 0.05) is 23.9 Å². The molecule has 0 unspecified atom stereocenters. The van der Waals surface area contributed by atoms with Crippen molar-refractivity contribution in [2.45, 2.75) is 50.6 Å². The number of piperidine rings is 1. The lowest BCUT2D eigenvalue weighted by molar-refractivity contribution is -0.123. The van der Waals surface area contributed by atoms with E-state index in [9.17, 15) is 4.79 Å². The Morgan fingerprint density at radius 3 is 2.36 bits per heavy atom. The van der Waals surface area contributed by atoms with Crippen molar-refractivity contribution < 1.29 is 4.79 Å². The molecule has 2 aliphatic rings. The molecule has 11 heavy (non-hydrogen) atoms. The summed E-state index contributed by atoms with van der Waals surface area (Å²) in [4.78, 5) is 11.3. The summed E-state index contributed by atoms with van der Waals surface area (Å²) in [7, 11) is 0. The molecule has 1 aliphatic heterocycles. The summed E-state index contributed by atoms with van der Waals surface area (Å²) in [5.74, 6) is 0.436. The van der Waals surface area contributed by atoms with E-state index in [4.69, 9.17) is 0 Å². The largest absolute Gasteiger partial charge is 0.305 e. The molecule has 1 aliphatic carbocycles. The van der Waals surface area contributed by atoms with Gasteiger partial charge in [0.2, 0.25) is 0 Å². The van der Waals surface area contributed by atoms with Crippen molar-refractivity contribution in [2.75, 3.05) is 0 Å². The predicted molar refractivity (Wildman–Crippen MR) is 43.4 cm³/mol. The first-order valence-electron chi connectivity index (χ1n) is 4.33. The van der Waals surface area contributed by atoms with Gasteiger partial charge in [0.05, 0.1) is 0 Å². The van der Waals surface area contributed by atoms with Crippen LogP contribution >= 0.6 is 0 Å². The third kappa shape index (κ3) is 1.32. The second kappa shape index (κ2) is 1.86. The molecule has 2 fully saturated rings. The highest BCUT2D eigenvalue weighted by atomic mass is 16.1. The number of hydrogen-bond donors (Lipinski definition) is 1. The highest BCUT2D eigenvalue weighted by Gasteiger charge is 2.50. The maximum absolute atomic E-state index is 11.3. The van der Waals surface area contributed by atoms with Crippen LogP contribution in [0.15, 0.2) is 0 Å². The smallest absolute Gasteiger partial charge is 0.136 e. The van der Waals surface area contributed by atoms with Crippen LogP contribution in [0.3, 0.4) is 0 Å². The molecular weight excluding hydrogens is 138 g/mol. The van der Waals surface area contributed by atoms with Gasteiger partial charge in [-0.2, -0.15) is 0 Å². The van der Waals surface area contributed by atoms with Gasteiger partial charge in [0.15, 0.2) is 0 Å². The Balaban J connectivity index is 2.15. The van der Waals surface area contributed by atoms with E-state index in [0.717, 1.165) is 6.42 Å². The summed E-state index contributed by atoms with van der Waals surface area (Å²) < 4.78 is 0. The maximum atomic E-state index is 11.3. The lowest BCUT2D eigenvalue weighted by Gasteiger charge is -2.36. The average molecular weight is 153 g/mol. The standard InChI is InChI=1S/C9H15NO/c1-8(2)5-7(11)6-9(10-8)3-4-9/h10H,3-6H2,1-2H3. The van der Waals surface area contributed by atoms with Crippen molar-refractivity contribution in [3.63, 3.8) is 0 Å². The van der Waals surface area contributed by atoms with Gasteiger partial charge in [-0.3, -0.25) is 4.79 Å². The van der Waals surface area contributed by atoms with Gasteiger partial charge in [-0.15, -0.1) is 0 Å². The highest BCUT2D eigenvalue weighted by Crippen LogP contribution is 2.44. The van der Waals surface area contributed by atoms with Gasteiger partial charge in [0.25, 0.3) is 0 Å². The van der Waals surface area contributed by atoms with Crippen LogP contribution in [0, 0.1) is 0 Å². The van der Waals surface area contributed by atoms with Crippen LogP contribution in [0.4, 0.5) is 0 Å². The molecule has 0 radical (unpaired) electrons. The quantitative estimate of drug-likeness (QED) is 0.567. The number of carbonyl (C=O) groups excluding carboxylic acids is 1. The number of Topliss-reactive ketones (excluding diaryl/α,β-unsaturated/α-hetero) is 1. The fourth-order valence-electron chi connectivity index (χ4n) is 2.19. The van der Waals surface area contributed by atoms with Gasteiger partial charge in [-0.05, 0) is 26.7 Å². The molecule has 0 aromatic carbocycles. The SMILES string of the molecule is CC1(C)CC(=O)CC2(CC2)N1. The van der Waals surface area contributed by atoms with Crippen LogP contribution < -0.4 is 5.32 Å². The van der Waals surface area contributed by atoms with Crippen LogP contribution in [0.1, 0.15) is 39.5 Å². The normalized spacial score (nSPS) is 32.4. The van der Waals surface area contributed by atoms with Crippen molar-refractivity contribution in [1.29, 1.82) is 0 Å². The van der Waals surface area contributed by atoms with Crippen LogP contribution in [0.25, 0.3) is 0 Å². The summed E-state index contributed by atoms with van der Waals surface area (Å²) >= 11 is 0. The van der Waals surface area contributed by atoms with Gasteiger partial charge in [-0.1, -0.05) is 0 Å². The maximum Gasteiger partial charge on any atom is 0.136 e. The minimum absolute atomic E-state index is 0.0475. The molecule has 0 aromatic heterocycles. The summed E-state index contributed by atoms with van der Waals surface area (Å²) in [6.45, 7) is 4.23. The molecule has 1 N–H and O–H groups in total. The Labute approximate surface area is 67.4 Å². The van der Waals surface area contributed by atoms with Crippen molar-refractivity contribution >= 4 is 5.78 Å². The molecule has 0 atom stereocenters. The third-order valence-corrected chi connectivity index (χ3v) is 2.63. The minimum atomic E-state index is 0.0475. The highest BCUT2D eigenvalue weighted by molar-refractivity contribution is 5.82. The lowest BCUT2D eigenvalue weighted by atomic mass is 9.87. The first-order chi connectivity index (χ1) is 5.02. The zero-order valence-corrected chi connectivity index (χ0v) is 7.24. The van der Waals surface area contributed by atoms with E-state index in [0.29, 0.717) is 12.2 Å². The Morgan fingerprint density at radius 2 is 1.91 bits per heavy atom. The molecule has 1 saturated heterocycles. The molecule has 0 amide bonds. The van der Waals surface area contributed by atoms with Gasteiger partial charge < -0.3 is 5.32 Å². The summed E-state index contributed by atoms with van der Waals surface area (Å²) in [5, 5.41) is 3.55. The topological polar surface area (TPSA) is 29.1 Å². The fourth-order valence-corrected chi connectivity index (χ4v) is 2.19. The summed E-state index contributed by atoms with van der Waals surface area (Å²) in [6, 6.07) is 0. The lowest BCUT2D eigenvalue weighted by Crippen LogP contribution is -2.54. The number of ketones is 1. The fraction of sp³-hybridized carbons (Fsp3) is 0.889. The molecule has 2 rings (SSSR count). The van der Waals surface area contributed by atoms with E-state index in [2.05, 4.69) is 19.2 Å². The van der Waals surface area contributed by atoms with Crippen LogP contribution in [-0.4, -0.2) is 16.9 Å². The molecule has 1 heterocycles. The Hall–Kier alpha value is -0.370. The zero-order chi connectivity index (χ0) is 8.11. The number of hydrogen-bond acceptors (Lipinski definition) is 2. The van der Waals surface area contributed by atoms with E-state index in [1.165, 1.54) is 12.8 Å². The number of rotatable bonds is 0. The third-order valence-electron chi connectivity index (χ3n) is 2.63. The van der Waals surface area contributed by atoms with Crippen molar-refractivity contribution in [1.82, 2.24) is 5.32 Å². The Bertz CT molecular complexity index is 196. The first kappa shape index (κ1) is 7.29. The zero-order valence-electron chi connectivity index (χ0n) is 7.24. The molecule has 1 saturated carbocycles. The van der Waals surface area contributed by atoms with Crippen molar-refractivity contribution in [2.24, 2.45) is 0 Å². The van der Waals surface area contributed by atoms with E-state index in [1.807, 2.05) is 0 Å². The van der Waals surface area contributed by atoms with Crippen molar-refractivity contribution in [3.05, 3.63) is 0 Å². The Morgan fingerprint density at radius 1 is 1.27 bits per heavy atom.